The largest absolute Gasteiger partial charge is 0.461 e. The van der Waals surface area contributed by atoms with Crippen LogP contribution in [0, 0.1) is 45.3 Å². The van der Waals surface area contributed by atoms with Gasteiger partial charge in [0.1, 0.15) is 29.2 Å². The molecule has 0 spiro atoms. The summed E-state index contributed by atoms with van der Waals surface area (Å²) in [6.07, 6.45) is 16.1. The quantitative estimate of drug-likeness (QED) is 0.442. The van der Waals surface area contributed by atoms with Crippen molar-refractivity contribution in [3.8, 4) is 12.1 Å². The number of nitrogens with zero attached hydrogens (tertiary/aromatic N) is 3. The van der Waals surface area contributed by atoms with E-state index >= 15 is 0 Å². The molecule has 2 atom stereocenters. The molecule has 0 saturated carbocycles. The average molecular weight is 456 g/mol. The van der Waals surface area contributed by atoms with Crippen molar-refractivity contribution >= 4 is 0 Å². The summed E-state index contributed by atoms with van der Waals surface area (Å²) < 4.78 is 6.08. The van der Waals surface area contributed by atoms with Crippen LogP contribution in [0.15, 0.2) is 70.3 Å². The zero-order valence-corrected chi connectivity index (χ0v) is 21.5. The zero-order valence-electron chi connectivity index (χ0n) is 21.5. The van der Waals surface area contributed by atoms with Gasteiger partial charge >= 0.3 is 0 Å². The number of nitriles is 2. The highest BCUT2D eigenvalue weighted by Gasteiger charge is 2.50. The van der Waals surface area contributed by atoms with E-state index in [0.29, 0.717) is 28.7 Å². The van der Waals surface area contributed by atoms with E-state index in [4.69, 9.17) is 4.74 Å². The molecule has 0 N–H and O–H groups in total. The Morgan fingerprint density at radius 3 is 2.53 bits per heavy atom. The Hall–Kier alpha value is -2.82. The van der Waals surface area contributed by atoms with Crippen LogP contribution in [-0.2, 0) is 4.74 Å². The van der Waals surface area contributed by atoms with Crippen LogP contribution in [0.3, 0.4) is 0 Å². The molecule has 0 amide bonds. The van der Waals surface area contributed by atoms with E-state index in [-0.39, 0.29) is 16.9 Å². The zero-order chi connectivity index (χ0) is 24.7. The van der Waals surface area contributed by atoms with E-state index in [9.17, 15) is 10.5 Å². The van der Waals surface area contributed by atoms with E-state index in [0.717, 1.165) is 18.7 Å². The van der Waals surface area contributed by atoms with Gasteiger partial charge in [-0.3, -0.25) is 4.90 Å². The second-order valence-corrected chi connectivity index (χ2v) is 11.8. The summed E-state index contributed by atoms with van der Waals surface area (Å²) in [5, 5.41) is 18.7. The molecule has 0 radical (unpaired) electrons. The van der Waals surface area contributed by atoms with Gasteiger partial charge in [-0.1, -0.05) is 65.3 Å². The molecule has 0 aromatic carbocycles. The van der Waals surface area contributed by atoms with Gasteiger partial charge in [-0.05, 0) is 60.4 Å². The van der Waals surface area contributed by atoms with Crippen LogP contribution in [0.5, 0.6) is 0 Å². The van der Waals surface area contributed by atoms with Gasteiger partial charge in [-0.25, -0.2) is 0 Å². The van der Waals surface area contributed by atoms with Crippen molar-refractivity contribution in [3.63, 3.8) is 0 Å². The lowest BCUT2D eigenvalue weighted by molar-refractivity contribution is -0.0376. The Bertz CT molecular complexity index is 1110. The van der Waals surface area contributed by atoms with Gasteiger partial charge in [-0.15, -0.1) is 0 Å². The van der Waals surface area contributed by atoms with Gasteiger partial charge in [0.25, 0.3) is 0 Å². The standard InChI is InChI=1S/C30H37N3O/c1-20(2)27-16-22(23(17-31)18-32)15-24(34-27)10-8-21-9-11-25-26(14-21)30(5,6)19-33-13-7-12-29(3,4)28(25)33/h8-10,14-16,20,25,28H,7,11-13,19H2,1-6H3. The Morgan fingerprint density at radius 1 is 1.12 bits per heavy atom. The van der Waals surface area contributed by atoms with Gasteiger partial charge in [0.15, 0.2) is 0 Å². The van der Waals surface area contributed by atoms with Crippen molar-refractivity contribution in [3.05, 3.63) is 70.3 Å². The lowest BCUT2D eigenvalue weighted by Crippen LogP contribution is -2.61. The number of ether oxygens (including phenoxy) is 1. The highest BCUT2D eigenvalue weighted by atomic mass is 16.5. The Labute approximate surface area is 205 Å². The average Bonchev–Trinajstić information content (AvgIpc) is 2.77. The summed E-state index contributed by atoms with van der Waals surface area (Å²) in [6, 6.07) is 4.61. The first-order valence-corrected chi connectivity index (χ1v) is 12.6. The van der Waals surface area contributed by atoms with E-state index < -0.39 is 0 Å². The van der Waals surface area contributed by atoms with Crippen LogP contribution < -0.4 is 0 Å². The molecular weight excluding hydrogens is 418 g/mol. The molecule has 2 saturated heterocycles. The molecule has 3 heterocycles. The monoisotopic (exact) mass is 455 g/mol. The number of piperidine rings is 2. The molecule has 2 unspecified atom stereocenters. The van der Waals surface area contributed by atoms with Crippen molar-refractivity contribution in [2.45, 2.75) is 66.8 Å². The number of fused-ring (bicyclic) bond motifs is 3. The first kappa shape index (κ1) is 24.3. The third-order valence-corrected chi connectivity index (χ3v) is 7.90. The molecule has 3 aliphatic heterocycles. The fraction of sp³-hybridized carbons (Fsp3) is 0.533. The smallest absolute Gasteiger partial charge is 0.137 e. The van der Waals surface area contributed by atoms with Crippen LogP contribution in [0.4, 0.5) is 0 Å². The molecule has 178 valence electrons. The molecule has 4 aliphatic rings. The molecule has 4 heteroatoms. The summed E-state index contributed by atoms with van der Waals surface area (Å²) in [7, 11) is 0. The summed E-state index contributed by atoms with van der Waals surface area (Å²) in [6.45, 7) is 16.1. The number of hydrogen-bond acceptors (Lipinski definition) is 4. The van der Waals surface area contributed by atoms with E-state index in [1.54, 1.807) is 17.7 Å². The summed E-state index contributed by atoms with van der Waals surface area (Å²) in [5.74, 6) is 2.16. The normalized spacial score (nSPS) is 27.9. The molecule has 1 aliphatic carbocycles. The van der Waals surface area contributed by atoms with Crippen LogP contribution in [0.1, 0.15) is 60.8 Å². The molecule has 4 nitrogen and oxygen atoms in total. The highest BCUT2D eigenvalue weighted by Crippen LogP contribution is 2.52. The Balaban J connectivity index is 1.62. The molecule has 0 bridgehead atoms. The molecule has 2 fully saturated rings. The minimum atomic E-state index is 0.109. The van der Waals surface area contributed by atoms with Gasteiger partial charge in [0.2, 0.25) is 0 Å². The SMILES string of the molecule is CC(C)C1=CC(=C(C#N)C#N)C=C(C=CC2=CCC3C(=C2)C(C)(C)CN2CCCC(C)(C)C32)O1. The highest BCUT2D eigenvalue weighted by molar-refractivity contribution is 5.54. The van der Waals surface area contributed by atoms with Crippen LogP contribution in [0.2, 0.25) is 0 Å². The Morgan fingerprint density at radius 2 is 1.85 bits per heavy atom. The fourth-order valence-electron chi connectivity index (χ4n) is 6.33. The van der Waals surface area contributed by atoms with Crippen molar-refractivity contribution in [2.75, 3.05) is 13.1 Å². The lowest BCUT2D eigenvalue weighted by Gasteiger charge is -2.58. The first-order valence-electron chi connectivity index (χ1n) is 12.6. The van der Waals surface area contributed by atoms with Gasteiger partial charge < -0.3 is 4.74 Å². The van der Waals surface area contributed by atoms with E-state index in [1.165, 1.54) is 25.0 Å². The third-order valence-electron chi connectivity index (χ3n) is 7.90. The maximum atomic E-state index is 9.33. The summed E-state index contributed by atoms with van der Waals surface area (Å²) in [5.41, 5.74) is 3.99. The fourth-order valence-corrected chi connectivity index (χ4v) is 6.33. The summed E-state index contributed by atoms with van der Waals surface area (Å²) in [4.78, 5) is 2.76. The van der Waals surface area contributed by atoms with Crippen LogP contribution in [0.25, 0.3) is 0 Å². The molecule has 0 aromatic heterocycles. The van der Waals surface area contributed by atoms with Crippen LogP contribution >= 0.6 is 0 Å². The predicted octanol–water partition coefficient (Wildman–Crippen LogP) is 6.74. The minimum Gasteiger partial charge on any atom is -0.461 e. The van der Waals surface area contributed by atoms with Gasteiger partial charge in [-0.2, -0.15) is 10.5 Å². The maximum Gasteiger partial charge on any atom is 0.137 e. The van der Waals surface area contributed by atoms with Gasteiger partial charge in [0.05, 0.1) is 0 Å². The van der Waals surface area contributed by atoms with Gasteiger partial charge in [0, 0.05) is 30.0 Å². The van der Waals surface area contributed by atoms with Crippen molar-refractivity contribution in [1.29, 1.82) is 10.5 Å². The number of hydrogen-bond donors (Lipinski definition) is 0. The summed E-state index contributed by atoms with van der Waals surface area (Å²) >= 11 is 0. The van der Waals surface area contributed by atoms with E-state index in [2.05, 4.69) is 50.8 Å². The molecule has 0 aromatic rings. The second kappa shape index (κ2) is 9.09. The first-order chi connectivity index (χ1) is 16.1. The molecule has 4 rings (SSSR count). The third kappa shape index (κ3) is 4.57. The second-order valence-electron chi connectivity index (χ2n) is 11.8. The van der Waals surface area contributed by atoms with E-state index in [1.807, 2.05) is 32.1 Å². The Kier molecular flexibility index (Phi) is 6.50. The maximum absolute atomic E-state index is 9.33. The van der Waals surface area contributed by atoms with Crippen molar-refractivity contribution in [1.82, 2.24) is 4.90 Å². The molecular formula is C30H37N3O. The van der Waals surface area contributed by atoms with Crippen LogP contribution in [-0.4, -0.2) is 24.0 Å². The lowest BCUT2D eigenvalue weighted by atomic mass is 9.59. The number of rotatable bonds is 3. The van der Waals surface area contributed by atoms with Crippen molar-refractivity contribution in [2.24, 2.45) is 22.7 Å². The molecule has 34 heavy (non-hydrogen) atoms. The predicted molar refractivity (Wildman–Crippen MR) is 136 cm³/mol. The minimum absolute atomic E-state index is 0.109. The topological polar surface area (TPSA) is 60.0 Å². The van der Waals surface area contributed by atoms with Crippen molar-refractivity contribution < 1.29 is 4.74 Å². The number of allylic oxidation sites excluding steroid dienone is 10.